The number of ether oxygens (including phenoxy) is 2. The number of hydrogen-bond acceptors (Lipinski definition) is 6. The minimum atomic E-state index is 0.149. The highest BCUT2D eigenvalue weighted by Crippen LogP contribution is 2.06. The molecule has 0 unspecified atom stereocenters. The summed E-state index contributed by atoms with van der Waals surface area (Å²) in [4.78, 5) is 11.8. The molecule has 6 nitrogen and oxygen atoms in total. The molecule has 0 aliphatic rings. The van der Waals surface area contributed by atoms with Crippen LogP contribution in [0.25, 0.3) is 0 Å². The van der Waals surface area contributed by atoms with Gasteiger partial charge in [0, 0.05) is 6.54 Å². The third-order valence-corrected chi connectivity index (χ3v) is 2.48. The first kappa shape index (κ1) is 15.8. The molecular formula is C11H18N4O2S2. The summed E-state index contributed by atoms with van der Waals surface area (Å²) in [5.41, 5.74) is 0. The van der Waals surface area contributed by atoms with Gasteiger partial charge in [0.15, 0.2) is 11.6 Å². The van der Waals surface area contributed by atoms with Crippen LogP contribution in [-0.4, -0.2) is 35.0 Å². The van der Waals surface area contributed by atoms with E-state index in [1.54, 1.807) is 6.92 Å². The number of aromatic amines is 2. The van der Waals surface area contributed by atoms with Gasteiger partial charge in [-0.15, -0.1) is 0 Å². The monoisotopic (exact) mass is 302 g/mol. The second kappa shape index (κ2) is 8.03. The molecule has 0 aliphatic carbocycles. The minimum Gasteiger partial charge on any atom is -0.473 e. The van der Waals surface area contributed by atoms with Crippen molar-refractivity contribution < 1.29 is 9.47 Å². The van der Waals surface area contributed by atoms with Crippen molar-refractivity contribution in [2.75, 3.05) is 25.0 Å². The van der Waals surface area contributed by atoms with Crippen LogP contribution < -0.4 is 4.90 Å². The van der Waals surface area contributed by atoms with Crippen molar-refractivity contribution >= 4 is 30.4 Å². The van der Waals surface area contributed by atoms with Crippen LogP contribution in [0, 0.1) is 9.54 Å². The molecule has 0 bridgehead atoms. The molecular weight excluding hydrogens is 284 g/mol. The summed E-state index contributed by atoms with van der Waals surface area (Å²) in [5, 5.41) is 0. The normalized spacial score (nSPS) is 10.2. The summed E-state index contributed by atoms with van der Waals surface area (Å²) < 4.78 is 11.3. The van der Waals surface area contributed by atoms with Crippen LogP contribution in [0.5, 0.6) is 0 Å². The number of nitrogens with one attached hydrogen (secondary N) is 2. The lowest BCUT2D eigenvalue weighted by Gasteiger charge is -2.22. The number of hydrogen-bond donors (Lipinski definition) is 2. The second-order valence-electron chi connectivity index (χ2n) is 3.88. The van der Waals surface area contributed by atoms with Gasteiger partial charge in [-0.3, -0.25) is 0 Å². The zero-order valence-corrected chi connectivity index (χ0v) is 12.7. The van der Waals surface area contributed by atoms with E-state index >= 15 is 0 Å². The third kappa shape index (κ3) is 5.95. The van der Waals surface area contributed by atoms with Gasteiger partial charge in [-0.25, -0.2) is 0 Å². The smallest absolute Gasteiger partial charge is 0.209 e. The van der Waals surface area contributed by atoms with E-state index in [0.29, 0.717) is 28.0 Å². The van der Waals surface area contributed by atoms with Gasteiger partial charge in [0.25, 0.3) is 0 Å². The molecule has 19 heavy (non-hydrogen) atoms. The third-order valence-electron chi connectivity index (χ3n) is 2.08. The molecule has 0 saturated heterocycles. The van der Waals surface area contributed by atoms with Crippen molar-refractivity contribution in [3.63, 3.8) is 0 Å². The Morgan fingerprint density at radius 1 is 1.42 bits per heavy atom. The maximum absolute atomic E-state index is 5.40. The van der Waals surface area contributed by atoms with Crippen LogP contribution in [0.15, 0.2) is 12.3 Å². The highest BCUT2D eigenvalue weighted by atomic mass is 32.1. The van der Waals surface area contributed by atoms with Crippen molar-refractivity contribution in [1.29, 1.82) is 0 Å². The van der Waals surface area contributed by atoms with Gasteiger partial charge in [0.1, 0.15) is 6.73 Å². The fraction of sp³-hybridized carbons (Fsp3) is 0.545. The van der Waals surface area contributed by atoms with Gasteiger partial charge in [-0.05, 0) is 37.8 Å². The Labute approximate surface area is 122 Å². The lowest BCUT2D eigenvalue weighted by molar-refractivity contribution is -0.0220. The summed E-state index contributed by atoms with van der Waals surface area (Å²) in [5.74, 6) is 1.20. The summed E-state index contributed by atoms with van der Waals surface area (Å²) >= 11 is 10.0. The van der Waals surface area contributed by atoms with Crippen molar-refractivity contribution in [3.8, 4) is 0 Å². The van der Waals surface area contributed by atoms with Crippen molar-refractivity contribution in [2.24, 2.45) is 0 Å². The Bertz CT molecular complexity index is 498. The molecule has 0 fully saturated rings. The van der Waals surface area contributed by atoms with Crippen LogP contribution in [0.2, 0.25) is 0 Å². The Balaban J connectivity index is 2.68. The summed E-state index contributed by atoms with van der Waals surface area (Å²) in [7, 11) is 0. The molecule has 0 radical (unpaired) electrons. The Hall–Kier alpha value is -1.25. The maximum Gasteiger partial charge on any atom is 0.209 e. The molecule has 0 spiro atoms. The lowest BCUT2D eigenvalue weighted by Crippen LogP contribution is -2.29. The quantitative estimate of drug-likeness (QED) is 0.333. The molecule has 0 aliphatic heterocycles. The van der Waals surface area contributed by atoms with Crippen LogP contribution in [-0.2, 0) is 9.47 Å². The molecule has 1 aromatic rings. The zero-order chi connectivity index (χ0) is 14.3. The molecule has 1 aromatic heterocycles. The molecule has 0 amide bonds. The minimum absolute atomic E-state index is 0.149. The number of nitrogens with zero attached hydrogens (tertiary/aromatic N) is 2. The Morgan fingerprint density at radius 3 is 2.74 bits per heavy atom. The lowest BCUT2D eigenvalue weighted by atomic mass is 10.4. The number of aromatic nitrogens is 3. The fourth-order valence-corrected chi connectivity index (χ4v) is 1.76. The predicted octanol–water partition coefficient (Wildman–Crippen LogP) is 2.89. The summed E-state index contributed by atoms with van der Waals surface area (Å²) in [6.45, 7) is 8.70. The van der Waals surface area contributed by atoms with E-state index < -0.39 is 0 Å². The highest BCUT2D eigenvalue weighted by molar-refractivity contribution is 7.71. The van der Waals surface area contributed by atoms with Gasteiger partial charge >= 0.3 is 0 Å². The molecule has 1 rings (SSSR count). The van der Waals surface area contributed by atoms with Crippen LogP contribution in [0.4, 0.5) is 5.95 Å². The van der Waals surface area contributed by atoms with Crippen molar-refractivity contribution in [3.05, 3.63) is 21.9 Å². The van der Waals surface area contributed by atoms with Gasteiger partial charge < -0.3 is 24.3 Å². The molecule has 1 heterocycles. The van der Waals surface area contributed by atoms with Crippen molar-refractivity contribution in [2.45, 2.75) is 20.3 Å². The number of rotatable bonds is 8. The zero-order valence-electron chi connectivity index (χ0n) is 11.1. The number of H-pyrrole nitrogens is 2. The Kier molecular flexibility index (Phi) is 6.68. The summed E-state index contributed by atoms with van der Waals surface area (Å²) in [6.07, 6.45) is 0.943. The second-order valence-corrected chi connectivity index (χ2v) is 4.68. The average Bonchev–Trinajstić information content (AvgIpc) is 2.31. The van der Waals surface area contributed by atoms with Crippen LogP contribution in [0.3, 0.4) is 0 Å². The molecule has 0 saturated carbocycles. The highest BCUT2D eigenvalue weighted by Gasteiger charge is 2.08. The van der Waals surface area contributed by atoms with Gasteiger partial charge in [-0.2, -0.15) is 4.98 Å². The topological polar surface area (TPSA) is 66.2 Å². The van der Waals surface area contributed by atoms with Crippen molar-refractivity contribution in [1.82, 2.24) is 15.0 Å². The first-order chi connectivity index (χ1) is 9.02. The fourth-order valence-electron chi connectivity index (χ4n) is 1.32. The van der Waals surface area contributed by atoms with Gasteiger partial charge in [0.2, 0.25) is 10.7 Å². The van der Waals surface area contributed by atoms with E-state index in [0.717, 1.165) is 13.0 Å². The average molecular weight is 302 g/mol. The van der Waals surface area contributed by atoms with Crippen LogP contribution in [0.1, 0.15) is 20.3 Å². The largest absolute Gasteiger partial charge is 0.473 e. The van der Waals surface area contributed by atoms with Gasteiger partial charge in [-0.1, -0.05) is 13.5 Å². The molecule has 0 aromatic carbocycles. The first-order valence-corrected chi connectivity index (χ1v) is 6.66. The van der Waals surface area contributed by atoms with E-state index in [9.17, 15) is 0 Å². The van der Waals surface area contributed by atoms with E-state index in [1.165, 1.54) is 0 Å². The molecule has 106 valence electrons. The standard InChI is InChI=1S/C11H18N4O2S2/c1-4-5-15(6-16-7-17-8(2)3)9-12-10(18)14-11(19)13-9/h2,4-7H2,1,3H3,(H2,12,13,14,18,19). The predicted molar refractivity (Wildman–Crippen MR) is 79.0 cm³/mol. The van der Waals surface area contributed by atoms with E-state index in [-0.39, 0.29) is 6.79 Å². The summed E-state index contributed by atoms with van der Waals surface area (Å²) in [6, 6.07) is 0. The SMILES string of the molecule is C=C(C)OCOCN(CCC)c1nc(=S)[nH]c(=S)[nH]1. The van der Waals surface area contributed by atoms with E-state index in [2.05, 4.69) is 28.5 Å². The van der Waals surface area contributed by atoms with Gasteiger partial charge in [0.05, 0.1) is 5.76 Å². The van der Waals surface area contributed by atoms with Crippen LogP contribution >= 0.6 is 24.4 Å². The molecule has 8 heteroatoms. The molecule has 2 N–H and O–H groups in total. The van der Waals surface area contributed by atoms with E-state index in [4.69, 9.17) is 33.9 Å². The number of anilines is 1. The Morgan fingerprint density at radius 2 is 2.16 bits per heavy atom. The van der Waals surface area contributed by atoms with E-state index in [1.807, 2.05) is 4.90 Å². The number of allylic oxidation sites excluding steroid dienone is 1. The maximum atomic E-state index is 5.40. The first-order valence-electron chi connectivity index (χ1n) is 5.84. The molecule has 0 atom stereocenters.